The van der Waals surface area contributed by atoms with Crippen LogP contribution in [-0.4, -0.2) is 28.0 Å². The maximum Gasteiger partial charge on any atom is 0.315 e. The molecule has 3 aromatic carbocycles. The van der Waals surface area contributed by atoms with Gasteiger partial charge in [0.15, 0.2) is 0 Å². The van der Waals surface area contributed by atoms with Crippen LogP contribution in [0.25, 0.3) is 0 Å². The van der Waals surface area contributed by atoms with Gasteiger partial charge in [-0.2, -0.15) is 0 Å². The zero-order valence-corrected chi connectivity index (χ0v) is 17.5. The first kappa shape index (κ1) is 21.8. The molecule has 0 saturated heterocycles. The highest BCUT2D eigenvalue weighted by Gasteiger charge is 2.49. The van der Waals surface area contributed by atoms with Crippen molar-refractivity contribution in [2.24, 2.45) is 0 Å². The molecule has 4 rings (SSSR count). The topological polar surface area (TPSA) is 54.4 Å². The number of carbonyl (C=O) groups is 2. The van der Waals surface area contributed by atoms with Crippen molar-refractivity contribution in [3.8, 4) is 0 Å². The molecule has 0 spiro atoms. The lowest BCUT2D eigenvalue weighted by Gasteiger charge is -2.46. The average Bonchev–Trinajstić information content (AvgIpc) is 2.80. The van der Waals surface area contributed by atoms with E-state index >= 15 is 0 Å². The first-order valence-electron chi connectivity index (χ1n) is 10.6. The smallest absolute Gasteiger partial charge is 0.315 e. The molecular formula is C26H24F2NO3+. The summed E-state index contributed by atoms with van der Waals surface area (Å²) >= 11 is 0. The van der Waals surface area contributed by atoms with Gasteiger partial charge in [-0.15, -0.1) is 0 Å². The Morgan fingerprint density at radius 3 is 2.41 bits per heavy atom. The molecule has 6 heteroatoms. The summed E-state index contributed by atoms with van der Waals surface area (Å²) in [5.74, 6) is -2.52. The van der Waals surface area contributed by atoms with Crippen LogP contribution >= 0.6 is 0 Å². The van der Waals surface area contributed by atoms with Crippen molar-refractivity contribution in [1.82, 2.24) is 0 Å². The van der Waals surface area contributed by atoms with E-state index in [1.54, 1.807) is 0 Å². The van der Waals surface area contributed by atoms with Gasteiger partial charge in [0.25, 0.3) is 0 Å². The Balaban J connectivity index is 1.90. The highest BCUT2D eigenvalue weighted by atomic mass is 19.1. The first-order valence-corrected chi connectivity index (χ1v) is 10.6. The van der Waals surface area contributed by atoms with E-state index in [9.17, 15) is 23.5 Å². The Morgan fingerprint density at radius 2 is 1.66 bits per heavy atom. The Labute approximate surface area is 185 Å². The lowest BCUT2D eigenvalue weighted by molar-refractivity contribution is -0.895. The monoisotopic (exact) mass is 436 g/mol. The van der Waals surface area contributed by atoms with Crippen molar-refractivity contribution in [3.05, 3.63) is 107 Å². The molecule has 3 aromatic rings. The van der Waals surface area contributed by atoms with Gasteiger partial charge in [0.1, 0.15) is 24.2 Å². The Kier molecular flexibility index (Phi) is 6.15. The number of hydrogen-bond donors (Lipinski definition) is 1. The number of quaternary nitrogens is 1. The molecule has 1 aliphatic heterocycles. The number of carbonyl (C=O) groups excluding carboxylic acids is 1. The molecule has 0 radical (unpaired) electrons. The summed E-state index contributed by atoms with van der Waals surface area (Å²) in [5, 5.41) is 9.19. The van der Waals surface area contributed by atoms with Crippen molar-refractivity contribution in [2.45, 2.75) is 31.8 Å². The molecule has 164 valence electrons. The van der Waals surface area contributed by atoms with Crippen LogP contribution in [0.2, 0.25) is 0 Å². The van der Waals surface area contributed by atoms with E-state index in [-0.39, 0.29) is 35.3 Å². The predicted molar refractivity (Wildman–Crippen MR) is 115 cm³/mol. The Bertz CT molecular complexity index is 1150. The van der Waals surface area contributed by atoms with Crippen LogP contribution in [0.1, 0.15) is 41.1 Å². The first-order chi connectivity index (χ1) is 15.4. The van der Waals surface area contributed by atoms with Gasteiger partial charge in [0.2, 0.25) is 0 Å². The highest BCUT2D eigenvalue weighted by molar-refractivity contribution is 5.77. The van der Waals surface area contributed by atoms with Gasteiger partial charge < -0.3 is 5.11 Å². The van der Waals surface area contributed by atoms with Crippen LogP contribution in [0.5, 0.6) is 0 Å². The number of rotatable bonds is 6. The number of hydrogen-bond acceptors (Lipinski definition) is 2. The number of benzene rings is 3. The van der Waals surface area contributed by atoms with Crippen LogP contribution in [0.15, 0.2) is 72.8 Å². The average molecular weight is 436 g/mol. The van der Waals surface area contributed by atoms with Crippen molar-refractivity contribution >= 4 is 11.9 Å². The van der Waals surface area contributed by atoms with Crippen LogP contribution < -0.4 is 0 Å². The van der Waals surface area contributed by atoms with Gasteiger partial charge in [0.05, 0.1) is 19.4 Å². The summed E-state index contributed by atoms with van der Waals surface area (Å²) in [6, 6.07) is 20.1. The predicted octanol–water partition coefficient (Wildman–Crippen LogP) is 5.02. The Morgan fingerprint density at radius 1 is 0.938 bits per heavy atom. The molecule has 0 bridgehead atoms. The van der Waals surface area contributed by atoms with Crippen LogP contribution in [0, 0.1) is 11.6 Å². The largest absolute Gasteiger partial charge is 0.481 e. The second-order valence-corrected chi connectivity index (χ2v) is 8.20. The summed E-state index contributed by atoms with van der Waals surface area (Å²) in [6.45, 7) is 0.306. The minimum Gasteiger partial charge on any atom is -0.481 e. The van der Waals surface area contributed by atoms with Gasteiger partial charge in [-0.25, -0.2) is 18.1 Å². The summed E-state index contributed by atoms with van der Waals surface area (Å²) in [4.78, 5) is 24.9. The van der Waals surface area contributed by atoms with E-state index < -0.39 is 23.6 Å². The third-order valence-electron chi connectivity index (χ3n) is 6.25. The van der Waals surface area contributed by atoms with Crippen molar-refractivity contribution in [1.29, 1.82) is 0 Å². The number of nitrogens with zero attached hydrogens (tertiary/aromatic N) is 1. The number of aliphatic carboxylic acids is 1. The molecule has 1 heterocycles. The molecular weight excluding hydrogens is 412 g/mol. The van der Waals surface area contributed by atoms with Gasteiger partial charge in [-0.05, 0) is 23.8 Å². The SMILES string of the molecule is O=C(O)CCC(=O)[N+]1(Cc2cc(F)ccc2F)CCc2ccccc2C1c1ccccc1. The van der Waals surface area contributed by atoms with E-state index in [0.29, 0.717) is 13.0 Å². The molecule has 0 fully saturated rings. The fourth-order valence-electron chi connectivity index (χ4n) is 4.78. The quantitative estimate of drug-likeness (QED) is 0.552. The summed E-state index contributed by atoms with van der Waals surface area (Å²) in [6.07, 6.45) is 0.0840. The van der Waals surface area contributed by atoms with Gasteiger partial charge in [-0.3, -0.25) is 4.79 Å². The van der Waals surface area contributed by atoms with Crippen molar-refractivity contribution in [3.63, 3.8) is 0 Å². The van der Waals surface area contributed by atoms with E-state index in [2.05, 4.69) is 0 Å². The molecule has 1 aliphatic rings. The van der Waals surface area contributed by atoms with Crippen molar-refractivity contribution in [2.75, 3.05) is 6.54 Å². The number of carboxylic acid groups (broad SMARTS) is 1. The molecule has 0 saturated carbocycles. The molecule has 2 unspecified atom stereocenters. The van der Waals surface area contributed by atoms with Crippen molar-refractivity contribution < 1.29 is 28.0 Å². The molecule has 1 N–H and O–H groups in total. The van der Waals surface area contributed by atoms with Crippen LogP contribution in [0.3, 0.4) is 0 Å². The normalized spacial score (nSPS) is 19.9. The van der Waals surface area contributed by atoms with E-state index in [0.717, 1.165) is 34.9 Å². The fraction of sp³-hybridized carbons (Fsp3) is 0.231. The summed E-state index contributed by atoms with van der Waals surface area (Å²) in [7, 11) is 0. The van der Waals surface area contributed by atoms with Gasteiger partial charge in [0, 0.05) is 23.1 Å². The molecule has 0 aliphatic carbocycles. The third-order valence-corrected chi connectivity index (χ3v) is 6.25. The number of amides is 1. The lowest BCUT2D eigenvalue weighted by Crippen LogP contribution is -2.58. The third kappa shape index (κ3) is 4.18. The number of fused-ring (bicyclic) bond motifs is 1. The molecule has 4 nitrogen and oxygen atoms in total. The summed E-state index contributed by atoms with van der Waals surface area (Å²) in [5.41, 5.74) is 3.03. The number of carboxylic acids is 1. The Hall–Kier alpha value is -3.38. The van der Waals surface area contributed by atoms with E-state index in [4.69, 9.17) is 0 Å². The maximum absolute atomic E-state index is 14.7. The standard InChI is InChI=1S/C26H23F2NO3/c27-21-10-11-23(28)20(16-21)17-29(24(30)12-13-25(31)32)15-14-18-6-4-5-9-22(18)26(29)19-7-2-1-3-8-19/h1-11,16,26H,12-15,17H2/p+1. The number of halogens is 2. The summed E-state index contributed by atoms with van der Waals surface area (Å²) < 4.78 is 28.5. The van der Waals surface area contributed by atoms with E-state index in [1.807, 2.05) is 54.6 Å². The molecule has 0 aromatic heterocycles. The second-order valence-electron chi connectivity index (χ2n) is 8.20. The minimum atomic E-state index is -1.07. The van der Waals surface area contributed by atoms with Gasteiger partial charge in [-0.1, -0.05) is 54.6 Å². The molecule has 2 atom stereocenters. The fourth-order valence-corrected chi connectivity index (χ4v) is 4.78. The maximum atomic E-state index is 14.7. The zero-order chi connectivity index (χ0) is 22.7. The minimum absolute atomic E-state index is 0.0596. The zero-order valence-electron chi connectivity index (χ0n) is 17.5. The second kappa shape index (κ2) is 9.01. The van der Waals surface area contributed by atoms with Gasteiger partial charge >= 0.3 is 11.9 Å². The van der Waals surface area contributed by atoms with Crippen LogP contribution in [0.4, 0.5) is 8.78 Å². The molecule has 1 amide bonds. The van der Waals surface area contributed by atoms with Crippen LogP contribution in [-0.2, 0) is 22.6 Å². The lowest BCUT2D eigenvalue weighted by atomic mass is 9.84. The van der Waals surface area contributed by atoms with E-state index in [1.165, 1.54) is 0 Å². The molecule has 32 heavy (non-hydrogen) atoms. The highest BCUT2D eigenvalue weighted by Crippen LogP contribution is 2.43.